The summed E-state index contributed by atoms with van der Waals surface area (Å²) in [4.78, 5) is 11.0. The summed E-state index contributed by atoms with van der Waals surface area (Å²) >= 11 is 0. The molecular weight excluding hydrogens is 314 g/mol. The maximum atomic E-state index is 10.7. The van der Waals surface area contributed by atoms with Gasteiger partial charge in [-0.15, -0.1) is 0 Å². The first-order valence-corrected chi connectivity index (χ1v) is 9.17. The third kappa shape index (κ3) is 13.7. The molecule has 11 heteroatoms. The standard InChI is InChI=1S/C9H19NO8S2/c11-9(12)3-1-4-10(6-8-20(16,17)18)5-2-7-19(13,14)15/h1-8H2,(H,11,12)(H,13,14,15)(H,16,17,18)/p+1. The number of hydrogen-bond acceptors (Lipinski definition) is 5. The summed E-state index contributed by atoms with van der Waals surface area (Å²) in [6, 6.07) is 0. The second-order valence-corrected chi connectivity index (χ2v) is 7.57. The van der Waals surface area contributed by atoms with Gasteiger partial charge in [0.15, 0.2) is 0 Å². The van der Waals surface area contributed by atoms with Crippen LogP contribution in [0, 0.1) is 0 Å². The van der Waals surface area contributed by atoms with Crippen molar-refractivity contribution >= 4 is 26.2 Å². The highest BCUT2D eigenvalue weighted by molar-refractivity contribution is 7.86. The van der Waals surface area contributed by atoms with Gasteiger partial charge in [0.1, 0.15) is 5.75 Å². The number of quaternary nitrogens is 1. The van der Waals surface area contributed by atoms with Crippen molar-refractivity contribution in [2.24, 2.45) is 0 Å². The molecule has 1 atom stereocenters. The van der Waals surface area contributed by atoms with E-state index in [9.17, 15) is 21.6 Å². The second-order valence-electron chi connectivity index (χ2n) is 4.42. The van der Waals surface area contributed by atoms with Crippen molar-refractivity contribution in [3.05, 3.63) is 0 Å². The molecule has 120 valence electrons. The molecule has 0 spiro atoms. The van der Waals surface area contributed by atoms with Gasteiger partial charge in [-0.2, -0.15) is 16.8 Å². The van der Waals surface area contributed by atoms with Crippen LogP contribution in [0.25, 0.3) is 0 Å². The average molecular weight is 334 g/mol. The van der Waals surface area contributed by atoms with E-state index in [1.54, 1.807) is 0 Å². The van der Waals surface area contributed by atoms with Gasteiger partial charge in [0, 0.05) is 12.8 Å². The lowest BCUT2D eigenvalue weighted by atomic mass is 10.3. The lowest BCUT2D eigenvalue weighted by Gasteiger charge is -2.18. The number of carbonyl (C=O) groups is 1. The molecular formula is C9H20NO8S2+. The van der Waals surface area contributed by atoms with Gasteiger partial charge in [-0.1, -0.05) is 0 Å². The molecule has 0 aromatic rings. The van der Waals surface area contributed by atoms with E-state index in [4.69, 9.17) is 14.2 Å². The van der Waals surface area contributed by atoms with Gasteiger partial charge >= 0.3 is 5.97 Å². The van der Waals surface area contributed by atoms with E-state index in [2.05, 4.69) is 0 Å². The molecule has 1 unspecified atom stereocenters. The number of hydrogen-bond donors (Lipinski definition) is 4. The Kier molecular flexibility index (Phi) is 8.20. The minimum atomic E-state index is -4.12. The van der Waals surface area contributed by atoms with Crippen molar-refractivity contribution in [1.82, 2.24) is 0 Å². The van der Waals surface area contributed by atoms with Crippen molar-refractivity contribution in [3.8, 4) is 0 Å². The first kappa shape index (κ1) is 19.2. The van der Waals surface area contributed by atoms with E-state index in [1.165, 1.54) is 0 Å². The Morgan fingerprint density at radius 1 is 0.850 bits per heavy atom. The van der Waals surface area contributed by atoms with E-state index in [1.807, 2.05) is 0 Å². The number of rotatable bonds is 11. The summed E-state index contributed by atoms with van der Waals surface area (Å²) in [7, 11) is -8.19. The van der Waals surface area contributed by atoms with E-state index >= 15 is 0 Å². The number of carboxylic acid groups (broad SMARTS) is 1. The zero-order chi connectivity index (χ0) is 15.8. The van der Waals surface area contributed by atoms with Crippen molar-refractivity contribution < 1.29 is 40.7 Å². The minimum Gasteiger partial charge on any atom is -0.481 e. The SMILES string of the molecule is O=C(O)CCC[NH+](CCCS(=O)(=O)O)CCS(=O)(=O)O. The summed E-state index contributed by atoms with van der Waals surface area (Å²) in [5.74, 6) is -1.90. The molecule has 0 aromatic heterocycles. The van der Waals surface area contributed by atoms with Crippen LogP contribution in [0.5, 0.6) is 0 Å². The molecule has 0 aliphatic rings. The van der Waals surface area contributed by atoms with Gasteiger partial charge in [-0.3, -0.25) is 13.9 Å². The molecule has 9 nitrogen and oxygen atoms in total. The molecule has 4 N–H and O–H groups in total. The van der Waals surface area contributed by atoms with Crippen LogP contribution in [0.1, 0.15) is 19.3 Å². The third-order valence-electron chi connectivity index (χ3n) is 2.57. The Morgan fingerprint density at radius 3 is 1.80 bits per heavy atom. The smallest absolute Gasteiger partial charge is 0.303 e. The van der Waals surface area contributed by atoms with E-state index in [-0.39, 0.29) is 25.9 Å². The predicted octanol–water partition coefficient (Wildman–Crippen LogP) is -2.10. The van der Waals surface area contributed by atoms with Gasteiger partial charge in [-0.05, 0) is 0 Å². The van der Waals surface area contributed by atoms with Gasteiger partial charge in [0.05, 0.1) is 31.8 Å². The van der Waals surface area contributed by atoms with Crippen molar-refractivity contribution in [2.75, 3.05) is 31.1 Å². The Balaban J connectivity index is 4.27. The highest BCUT2D eigenvalue weighted by Crippen LogP contribution is 1.87. The molecule has 0 aliphatic heterocycles. The fourth-order valence-electron chi connectivity index (χ4n) is 1.64. The lowest BCUT2D eigenvalue weighted by Crippen LogP contribution is -3.12. The Labute approximate surface area is 118 Å². The lowest BCUT2D eigenvalue weighted by molar-refractivity contribution is -0.897. The Bertz CT molecular complexity index is 498. The molecule has 20 heavy (non-hydrogen) atoms. The van der Waals surface area contributed by atoms with Crippen LogP contribution in [0.3, 0.4) is 0 Å². The summed E-state index contributed by atoms with van der Waals surface area (Å²) in [6.07, 6.45) is 0.350. The molecule has 0 saturated carbocycles. The highest BCUT2D eigenvalue weighted by atomic mass is 32.2. The largest absolute Gasteiger partial charge is 0.481 e. The normalized spacial score (nSPS) is 14.1. The van der Waals surface area contributed by atoms with Crippen LogP contribution in [0.2, 0.25) is 0 Å². The Hall–Kier alpha value is -0.750. The van der Waals surface area contributed by atoms with Crippen molar-refractivity contribution in [1.29, 1.82) is 0 Å². The summed E-state index contributed by atoms with van der Waals surface area (Å²) < 4.78 is 59.7. The first-order valence-electron chi connectivity index (χ1n) is 5.95. The summed E-state index contributed by atoms with van der Waals surface area (Å²) in [5, 5.41) is 8.51. The van der Waals surface area contributed by atoms with Gasteiger partial charge < -0.3 is 10.0 Å². The molecule has 0 rings (SSSR count). The molecule has 0 heterocycles. The van der Waals surface area contributed by atoms with Gasteiger partial charge in [0.2, 0.25) is 0 Å². The average Bonchev–Trinajstić information content (AvgIpc) is 2.21. The maximum absolute atomic E-state index is 10.7. The fourth-order valence-corrected chi connectivity index (χ4v) is 2.70. The monoisotopic (exact) mass is 334 g/mol. The van der Waals surface area contributed by atoms with Crippen LogP contribution in [0.15, 0.2) is 0 Å². The number of carboxylic acids is 1. The molecule has 0 aliphatic carbocycles. The summed E-state index contributed by atoms with van der Waals surface area (Å²) in [5.41, 5.74) is 0. The maximum Gasteiger partial charge on any atom is 0.303 e. The van der Waals surface area contributed by atoms with Gasteiger partial charge in [-0.25, -0.2) is 0 Å². The zero-order valence-electron chi connectivity index (χ0n) is 10.9. The molecule has 0 radical (unpaired) electrons. The molecule has 0 amide bonds. The fraction of sp³-hybridized carbons (Fsp3) is 0.889. The Morgan fingerprint density at radius 2 is 1.35 bits per heavy atom. The summed E-state index contributed by atoms with van der Waals surface area (Å²) in [6.45, 7) is 0.645. The van der Waals surface area contributed by atoms with Crippen LogP contribution in [-0.2, 0) is 25.0 Å². The third-order valence-corrected chi connectivity index (χ3v) is 4.09. The molecule has 0 aromatic carbocycles. The molecule has 0 bridgehead atoms. The molecule has 0 fully saturated rings. The number of nitrogens with one attached hydrogen (secondary N) is 1. The van der Waals surface area contributed by atoms with Crippen LogP contribution in [-0.4, -0.2) is 68.2 Å². The second kappa shape index (κ2) is 8.52. The quantitative estimate of drug-likeness (QED) is 0.314. The van der Waals surface area contributed by atoms with Crippen molar-refractivity contribution in [2.45, 2.75) is 19.3 Å². The first-order chi connectivity index (χ1) is 8.99. The highest BCUT2D eigenvalue weighted by Gasteiger charge is 2.15. The van der Waals surface area contributed by atoms with Crippen LogP contribution in [0.4, 0.5) is 0 Å². The minimum absolute atomic E-state index is 0.0456. The topological polar surface area (TPSA) is 150 Å². The van der Waals surface area contributed by atoms with Crippen LogP contribution < -0.4 is 4.90 Å². The predicted molar refractivity (Wildman–Crippen MR) is 69.9 cm³/mol. The van der Waals surface area contributed by atoms with Gasteiger partial charge in [0.25, 0.3) is 20.2 Å². The van der Waals surface area contributed by atoms with E-state index in [0.717, 1.165) is 0 Å². The van der Waals surface area contributed by atoms with Crippen LogP contribution >= 0.6 is 0 Å². The zero-order valence-corrected chi connectivity index (χ0v) is 12.5. The van der Waals surface area contributed by atoms with E-state index in [0.29, 0.717) is 17.9 Å². The van der Waals surface area contributed by atoms with Crippen molar-refractivity contribution in [3.63, 3.8) is 0 Å². The number of aliphatic carboxylic acids is 1. The van der Waals surface area contributed by atoms with E-state index < -0.39 is 37.7 Å². The molecule has 0 saturated heterocycles.